The summed E-state index contributed by atoms with van der Waals surface area (Å²) in [4.78, 5) is 86.2. The average molecular weight is 936 g/mol. The van der Waals surface area contributed by atoms with Crippen molar-refractivity contribution >= 4 is 64.2 Å². The summed E-state index contributed by atoms with van der Waals surface area (Å²) < 4.78 is 16.3. The number of ketones is 1. The van der Waals surface area contributed by atoms with Gasteiger partial charge < -0.3 is 15.1 Å². The third kappa shape index (κ3) is 7.71. The molecule has 3 N–H and O–H groups in total. The van der Waals surface area contributed by atoms with Crippen molar-refractivity contribution < 1.29 is 33.2 Å². The fraction of sp³-hybridized carbons (Fsp3) is 0.490. The molecule has 344 valence electrons. The molecular formula is C51H53Cl2FN6O6. The van der Waals surface area contributed by atoms with Gasteiger partial charge in [-0.1, -0.05) is 78.6 Å². The number of amides is 5. The predicted octanol–water partition coefficient (Wildman–Crippen LogP) is 6.50. The molecule has 3 aromatic rings. The third-order valence-electron chi connectivity index (χ3n) is 15.8. The fourth-order valence-electron chi connectivity index (χ4n) is 12.5. The van der Waals surface area contributed by atoms with Gasteiger partial charge >= 0.3 is 0 Å². The molecule has 4 atom stereocenters. The molecule has 66 heavy (non-hydrogen) atoms. The van der Waals surface area contributed by atoms with Crippen molar-refractivity contribution in [3.63, 3.8) is 0 Å². The summed E-state index contributed by atoms with van der Waals surface area (Å²) in [6, 6.07) is 14.2. The molecule has 4 saturated heterocycles. The summed E-state index contributed by atoms with van der Waals surface area (Å²) >= 11 is 12.9. The van der Waals surface area contributed by atoms with Gasteiger partial charge in [0.2, 0.25) is 23.6 Å². The Balaban J connectivity index is 0.763. The number of rotatable bonds is 7. The summed E-state index contributed by atoms with van der Waals surface area (Å²) in [6.07, 6.45) is 7.78. The number of nitrogens with one attached hydrogen (secondary N) is 3. The van der Waals surface area contributed by atoms with Gasteiger partial charge in [-0.3, -0.25) is 44.3 Å². The minimum atomic E-state index is -1.27. The molecule has 6 heterocycles. The van der Waals surface area contributed by atoms with E-state index in [1.165, 1.54) is 11.0 Å². The van der Waals surface area contributed by atoms with Crippen LogP contribution < -0.4 is 16.0 Å². The maximum atomic E-state index is 16.3. The second kappa shape index (κ2) is 17.8. The van der Waals surface area contributed by atoms with Gasteiger partial charge in [0, 0.05) is 71.7 Å². The zero-order valence-electron chi connectivity index (χ0n) is 36.7. The summed E-state index contributed by atoms with van der Waals surface area (Å²) in [7, 11) is 0. The molecule has 2 spiro atoms. The maximum absolute atomic E-state index is 16.3. The first kappa shape index (κ1) is 44.7. The maximum Gasteiger partial charge on any atom is 0.255 e. The van der Waals surface area contributed by atoms with E-state index in [9.17, 15) is 28.8 Å². The molecule has 0 aromatic heterocycles. The SMILES string of the molecule is O=C1CCC(N2Cc3c(C#CC4CCN(C(=O)CN5CCC(CC(=O)[C@@H]6NC7(CCCCC7)[C@@]7(C(=O)Nc8cc(Cl)ccc87)[C@H]6c6cccc(Cl)c6F)CC5)CC4)cccc3C2=O)C(=O)N1. The Morgan fingerprint density at radius 2 is 1.62 bits per heavy atom. The normalized spacial score (nSPS) is 26.6. The van der Waals surface area contributed by atoms with Crippen LogP contribution in [0.4, 0.5) is 10.1 Å². The van der Waals surface area contributed by atoms with E-state index in [1.54, 1.807) is 36.4 Å². The highest BCUT2D eigenvalue weighted by Crippen LogP contribution is 2.63. The molecule has 0 bridgehead atoms. The van der Waals surface area contributed by atoms with E-state index in [4.69, 9.17) is 23.2 Å². The van der Waals surface area contributed by atoms with Crippen LogP contribution in [0.25, 0.3) is 0 Å². The molecule has 5 amide bonds. The number of fused-ring (bicyclic) bond motifs is 4. The Kier molecular flexibility index (Phi) is 12.1. The van der Waals surface area contributed by atoms with Crippen molar-refractivity contribution in [1.29, 1.82) is 0 Å². The van der Waals surface area contributed by atoms with Crippen LogP contribution in [0.2, 0.25) is 10.0 Å². The lowest BCUT2D eigenvalue weighted by atomic mass is 9.55. The van der Waals surface area contributed by atoms with Gasteiger partial charge in [-0.2, -0.15) is 0 Å². The third-order valence-corrected chi connectivity index (χ3v) is 16.3. The molecule has 0 radical (unpaired) electrons. The van der Waals surface area contributed by atoms with Gasteiger partial charge in [0.1, 0.15) is 17.3 Å². The van der Waals surface area contributed by atoms with E-state index in [2.05, 4.69) is 32.7 Å². The molecule has 6 aliphatic heterocycles. The van der Waals surface area contributed by atoms with E-state index < -0.39 is 40.7 Å². The number of anilines is 1. The molecule has 10 rings (SSSR count). The number of imide groups is 1. The highest BCUT2D eigenvalue weighted by molar-refractivity contribution is 6.31. The molecule has 12 nitrogen and oxygen atoms in total. The number of carbonyl (C=O) groups excluding carboxylic acids is 6. The zero-order chi connectivity index (χ0) is 45.9. The van der Waals surface area contributed by atoms with Crippen LogP contribution in [0.1, 0.15) is 116 Å². The Morgan fingerprint density at radius 1 is 0.864 bits per heavy atom. The molecule has 15 heteroatoms. The summed E-state index contributed by atoms with van der Waals surface area (Å²) in [5.74, 6) is 4.18. The quantitative estimate of drug-likeness (QED) is 0.180. The monoisotopic (exact) mass is 934 g/mol. The highest BCUT2D eigenvalue weighted by Gasteiger charge is 2.72. The zero-order valence-corrected chi connectivity index (χ0v) is 38.2. The second-order valence-electron chi connectivity index (χ2n) is 19.4. The minimum Gasteiger partial charge on any atom is -0.341 e. The van der Waals surface area contributed by atoms with E-state index in [-0.39, 0.29) is 71.2 Å². The fourth-order valence-corrected chi connectivity index (χ4v) is 12.8. The smallest absolute Gasteiger partial charge is 0.255 e. The number of benzene rings is 3. The Morgan fingerprint density at radius 3 is 2.38 bits per heavy atom. The van der Waals surface area contributed by atoms with Crippen LogP contribution in [0.3, 0.4) is 0 Å². The number of hydrogen-bond donors (Lipinski definition) is 3. The number of halogens is 3. The van der Waals surface area contributed by atoms with Crippen molar-refractivity contribution in [2.24, 2.45) is 11.8 Å². The molecule has 3 aromatic carbocycles. The topological polar surface area (TPSA) is 148 Å². The lowest BCUT2D eigenvalue weighted by Crippen LogP contribution is -2.60. The van der Waals surface area contributed by atoms with E-state index in [1.807, 2.05) is 17.0 Å². The summed E-state index contributed by atoms with van der Waals surface area (Å²) in [6.45, 7) is 3.10. The number of piperidine rings is 3. The van der Waals surface area contributed by atoms with Crippen molar-refractivity contribution in [1.82, 2.24) is 25.3 Å². The minimum absolute atomic E-state index is 0.0451. The lowest BCUT2D eigenvalue weighted by Gasteiger charge is -2.47. The van der Waals surface area contributed by atoms with Crippen LogP contribution in [0, 0.1) is 29.5 Å². The van der Waals surface area contributed by atoms with Crippen LogP contribution in [0.5, 0.6) is 0 Å². The van der Waals surface area contributed by atoms with Gasteiger partial charge in [0.25, 0.3) is 5.91 Å². The van der Waals surface area contributed by atoms with Gasteiger partial charge in [0.15, 0.2) is 5.78 Å². The van der Waals surface area contributed by atoms with E-state index in [0.29, 0.717) is 68.3 Å². The van der Waals surface area contributed by atoms with E-state index >= 15 is 4.39 Å². The number of nitrogens with zero attached hydrogens (tertiary/aromatic N) is 3. The summed E-state index contributed by atoms with van der Waals surface area (Å²) in [5.41, 5.74) is 1.61. The van der Waals surface area contributed by atoms with Crippen LogP contribution in [-0.2, 0) is 35.9 Å². The Hall–Kier alpha value is -5.13. The van der Waals surface area contributed by atoms with Crippen molar-refractivity contribution in [3.05, 3.63) is 98.3 Å². The lowest BCUT2D eigenvalue weighted by molar-refractivity contribution is -0.137. The van der Waals surface area contributed by atoms with Crippen LogP contribution in [0.15, 0.2) is 54.6 Å². The first-order chi connectivity index (χ1) is 31.9. The molecule has 1 aliphatic carbocycles. The Labute approximate surface area is 393 Å². The van der Waals surface area contributed by atoms with E-state index in [0.717, 1.165) is 61.6 Å². The van der Waals surface area contributed by atoms with Crippen molar-refractivity contribution in [2.45, 2.75) is 113 Å². The highest BCUT2D eigenvalue weighted by atomic mass is 35.5. The second-order valence-corrected chi connectivity index (χ2v) is 20.2. The number of hydrogen-bond acceptors (Lipinski definition) is 8. The van der Waals surface area contributed by atoms with Crippen LogP contribution >= 0.6 is 23.2 Å². The van der Waals surface area contributed by atoms with Gasteiger partial charge in [-0.15, -0.1) is 0 Å². The largest absolute Gasteiger partial charge is 0.341 e. The standard InChI is InChI=1S/C51H53Cl2FN6O6/c52-33-12-13-37-39(27-33)55-49(66)51(37)44(35-8-5-9-38(53)45(35)54)46(57-50(51)20-2-1-3-21-50)41(61)26-31-16-22-58(23-17-31)29-43(63)59-24-18-30(19-25-59)10-11-32-6-4-7-34-36(32)28-60(48(34)65)40-14-15-42(62)56-47(40)64/h4-9,12-13,27,30-31,40,44,46,57H,1-3,14-26,28-29H2,(H,55,66)(H,56,62,64)/t40?,44-,46-,51+/m0/s1. The van der Waals surface area contributed by atoms with Crippen molar-refractivity contribution in [3.8, 4) is 11.8 Å². The molecular weight excluding hydrogens is 883 g/mol. The number of Topliss-reactive ketones (excluding diaryl/α,β-unsaturated/α-hetero) is 1. The molecule has 5 fully saturated rings. The molecule has 7 aliphatic rings. The van der Waals surface area contributed by atoms with Gasteiger partial charge in [0.05, 0.1) is 17.6 Å². The predicted molar refractivity (Wildman–Crippen MR) is 246 cm³/mol. The Bertz CT molecular complexity index is 2590. The number of carbonyl (C=O) groups is 6. The van der Waals surface area contributed by atoms with Gasteiger partial charge in [-0.25, -0.2) is 4.39 Å². The first-order valence-corrected chi connectivity index (χ1v) is 24.3. The van der Waals surface area contributed by atoms with Crippen LogP contribution in [-0.4, -0.2) is 100 Å². The molecule has 1 unspecified atom stereocenters. The number of likely N-dealkylation sites (tertiary alicyclic amines) is 2. The average Bonchev–Trinajstić information content (AvgIpc) is 3.91. The summed E-state index contributed by atoms with van der Waals surface area (Å²) in [5, 5.41) is 9.63. The first-order valence-electron chi connectivity index (χ1n) is 23.5. The molecule has 1 saturated carbocycles. The van der Waals surface area contributed by atoms with Gasteiger partial charge in [-0.05, 0) is 111 Å². The van der Waals surface area contributed by atoms with Crippen molar-refractivity contribution in [2.75, 3.05) is 38.0 Å².